The fourth-order valence-electron chi connectivity index (χ4n) is 2.14. The lowest BCUT2D eigenvalue weighted by molar-refractivity contribution is 0.320. The Bertz CT molecular complexity index is 686. The van der Waals surface area contributed by atoms with Gasteiger partial charge in [0.25, 0.3) is 0 Å². The Hall–Kier alpha value is -1.97. The fraction of sp³-hybridized carbons (Fsp3) is 0.333. The lowest BCUT2D eigenvalue weighted by Gasteiger charge is -2.12. The summed E-state index contributed by atoms with van der Waals surface area (Å²) in [6.45, 7) is 4.00. The van der Waals surface area contributed by atoms with E-state index in [2.05, 4.69) is 20.6 Å². The van der Waals surface area contributed by atoms with Crippen LogP contribution in [0.25, 0.3) is 0 Å². The summed E-state index contributed by atoms with van der Waals surface area (Å²) in [7, 11) is 0. The van der Waals surface area contributed by atoms with Crippen LogP contribution in [0, 0.1) is 11.6 Å². The van der Waals surface area contributed by atoms with Gasteiger partial charge in [-0.15, -0.1) is 24.0 Å². The molecule has 0 unspecified atom stereocenters. The number of pyridine rings is 1. The average Bonchev–Trinajstić information content (AvgIpc) is 2.62. The summed E-state index contributed by atoms with van der Waals surface area (Å²) < 4.78 is 32.3. The van der Waals surface area contributed by atoms with Gasteiger partial charge in [0.05, 0.1) is 12.7 Å². The molecule has 5 nitrogen and oxygen atoms in total. The van der Waals surface area contributed by atoms with Crippen LogP contribution in [0.15, 0.2) is 47.7 Å². The zero-order valence-corrected chi connectivity index (χ0v) is 16.9. The SMILES string of the molecule is CCNC(=NCCc1cc(F)ccc1F)NCCOc1cccnc1.I. The van der Waals surface area contributed by atoms with E-state index in [-0.39, 0.29) is 24.0 Å². The third-order valence-electron chi connectivity index (χ3n) is 3.30. The van der Waals surface area contributed by atoms with Crippen LogP contribution in [0.4, 0.5) is 8.78 Å². The molecule has 0 aliphatic rings. The molecule has 26 heavy (non-hydrogen) atoms. The highest BCUT2D eigenvalue weighted by Crippen LogP contribution is 2.10. The van der Waals surface area contributed by atoms with E-state index in [1.807, 2.05) is 13.0 Å². The number of halogens is 3. The van der Waals surface area contributed by atoms with Crippen LogP contribution in [0.3, 0.4) is 0 Å². The molecular weight excluding hydrogens is 453 g/mol. The van der Waals surface area contributed by atoms with Crippen LogP contribution in [-0.4, -0.2) is 37.2 Å². The molecule has 0 spiro atoms. The zero-order chi connectivity index (χ0) is 17.9. The Morgan fingerprint density at radius 2 is 2.08 bits per heavy atom. The van der Waals surface area contributed by atoms with Gasteiger partial charge in [-0.3, -0.25) is 9.98 Å². The number of rotatable bonds is 8. The molecule has 0 radical (unpaired) electrons. The summed E-state index contributed by atoms with van der Waals surface area (Å²) in [4.78, 5) is 8.33. The molecule has 0 aliphatic carbocycles. The zero-order valence-electron chi connectivity index (χ0n) is 14.5. The molecule has 1 aromatic carbocycles. The van der Waals surface area contributed by atoms with Gasteiger partial charge in [-0.1, -0.05) is 0 Å². The minimum atomic E-state index is -0.446. The lowest BCUT2D eigenvalue weighted by atomic mass is 10.1. The van der Waals surface area contributed by atoms with E-state index in [0.717, 1.165) is 12.1 Å². The molecular formula is C18H23F2IN4O. The van der Waals surface area contributed by atoms with E-state index in [9.17, 15) is 8.78 Å². The van der Waals surface area contributed by atoms with Gasteiger partial charge >= 0.3 is 0 Å². The molecule has 0 saturated heterocycles. The van der Waals surface area contributed by atoms with E-state index < -0.39 is 11.6 Å². The van der Waals surface area contributed by atoms with Crippen molar-refractivity contribution in [3.63, 3.8) is 0 Å². The Morgan fingerprint density at radius 1 is 1.23 bits per heavy atom. The number of hydrogen-bond donors (Lipinski definition) is 2. The van der Waals surface area contributed by atoms with Crippen molar-refractivity contribution in [2.24, 2.45) is 4.99 Å². The van der Waals surface area contributed by atoms with Gasteiger partial charge in [0.2, 0.25) is 0 Å². The van der Waals surface area contributed by atoms with Crippen molar-refractivity contribution in [3.8, 4) is 5.75 Å². The first kappa shape index (κ1) is 22.1. The summed E-state index contributed by atoms with van der Waals surface area (Å²) in [6.07, 6.45) is 3.65. The molecule has 1 heterocycles. The van der Waals surface area contributed by atoms with Crippen molar-refractivity contribution in [2.45, 2.75) is 13.3 Å². The van der Waals surface area contributed by atoms with Gasteiger partial charge < -0.3 is 15.4 Å². The van der Waals surface area contributed by atoms with E-state index in [1.54, 1.807) is 18.5 Å². The van der Waals surface area contributed by atoms with Crippen LogP contribution in [0.1, 0.15) is 12.5 Å². The smallest absolute Gasteiger partial charge is 0.191 e. The number of guanidine groups is 1. The molecule has 1 aromatic heterocycles. The minimum absolute atomic E-state index is 0. The first-order chi connectivity index (χ1) is 12.2. The van der Waals surface area contributed by atoms with E-state index >= 15 is 0 Å². The van der Waals surface area contributed by atoms with E-state index in [4.69, 9.17) is 4.74 Å². The normalized spacial score (nSPS) is 10.8. The third-order valence-corrected chi connectivity index (χ3v) is 3.30. The molecule has 0 bridgehead atoms. The number of nitrogens with one attached hydrogen (secondary N) is 2. The predicted molar refractivity (Wildman–Crippen MR) is 109 cm³/mol. The minimum Gasteiger partial charge on any atom is -0.490 e. The second-order valence-corrected chi connectivity index (χ2v) is 5.21. The molecule has 2 aromatic rings. The van der Waals surface area contributed by atoms with Crippen LogP contribution in [-0.2, 0) is 6.42 Å². The van der Waals surface area contributed by atoms with Gasteiger partial charge in [-0.25, -0.2) is 8.78 Å². The van der Waals surface area contributed by atoms with Crippen molar-refractivity contribution in [3.05, 3.63) is 59.9 Å². The highest BCUT2D eigenvalue weighted by Gasteiger charge is 2.04. The molecule has 2 rings (SSSR count). The van der Waals surface area contributed by atoms with Crippen molar-refractivity contribution in [2.75, 3.05) is 26.2 Å². The molecule has 0 atom stereocenters. The Balaban J connectivity index is 0.00000338. The van der Waals surface area contributed by atoms with Gasteiger partial charge in [-0.05, 0) is 49.2 Å². The molecule has 0 saturated carbocycles. The topological polar surface area (TPSA) is 58.5 Å². The third kappa shape index (κ3) is 7.94. The summed E-state index contributed by atoms with van der Waals surface area (Å²) in [6, 6.07) is 7.08. The van der Waals surface area contributed by atoms with Gasteiger partial charge in [0, 0.05) is 19.3 Å². The molecule has 8 heteroatoms. The molecule has 0 aliphatic heterocycles. The maximum atomic E-state index is 13.6. The highest BCUT2D eigenvalue weighted by molar-refractivity contribution is 14.0. The Labute approximate surface area is 169 Å². The van der Waals surface area contributed by atoms with Gasteiger partial charge in [0.15, 0.2) is 5.96 Å². The van der Waals surface area contributed by atoms with E-state index in [1.165, 1.54) is 6.07 Å². The second kappa shape index (κ2) is 12.4. The van der Waals surface area contributed by atoms with Crippen molar-refractivity contribution < 1.29 is 13.5 Å². The summed E-state index contributed by atoms with van der Waals surface area (Å²) in [5.74, 6) is 0.444. The average molecular weight is 476 g/mol. The van der Waals surface area contributed by atoms with Gasteiger partial charge in [-0.2, -0.15) is 0 Å². The standard InChI is InChI=1S/C18H22F2N4O.HI/c1-2-22-18(24-10-11-25-16-4-3-8-21-13-16)23-9-7-14-12-15(19)5-6-17(14)20;/h3-6,8,12-13H,2,7,9-11H2,1H3,(H2,22,23,24);1H. The number of nitrogens with zero attached hydrogens (tertiary/aromatic N) is 2. The lowest BCUT2D eigenvalue weighted by Crippen LogP contribution is -2.39. The maximum Gasteiger partial charge on any atom is 0.191 e. The van der Waals surface area contributed by atoms with Crippen LogP contribution in [0.5, 0.6) is 5.75 Å². The first-order valence-corrected chi connectivity index (χ1v) is 8.18. The van der Waals surface area contributed by atoms with Crippen LogP contribution >= 0.6 is 24.0 Å². The number of benzene rings is 1. The van der Waals surface area contributed by atoms with E-state index in [0.29, 0.717) is 49.9 Å². The molecule has 0 amide bonds. The maximum absolute atomic E-state index is 13.6. The first-order valence-electron chi connectivity index (χ1n) is 8.18. The van der Waals surface area contributed by atoms with Crippen LogP contribution in [0.2, 0.25) is 0 Å². The fourth-order valence-corrected chi connectivity index (χ4v) is 2.14. The van der Waals surface area contributed by atoms with Crippen molar-refractivity contribution in [1.82, 2.24) is 15.6 Å². The number of aromatic nitrogens is 1. The molecule has 2 N–H and O–H groups in total. The van der Waals surface area contributed by atoms with Crippen LogP contribution < -0.4 is 15.4 Å². The number of hydrogen-bond acceptors (Lipinski definition) is 3. The second-order valence-electron chi connectivity index (χ2n) is 5.21. The highest BCUT2D eigenvalue weighted by atomic mass is 127. The number of aliphatic imine (C=N–C) groups is 1. The van der Waals surface area contributed by atoms with Gasteiger partial charge in [0.1, 0.15) is 24.0 Å². The summed E-state index contributed by atoms with van der Waals surface area (Å²) >= 11 is 0. The summed E-state index contributed by atoms with van der Waals surface area (Å²) in [5, 5.41) is 6.23. The summed E-state index contributed by atoms with van der Waals surface area (Å²) in [5.41, 5.74) is 0.319. The molecule has 0 fully saturated rings. The Morgan fingerprint density at radius 3 is 2.81 bits per heavy atom. The Kier molecular flexibility index (Phi) is 10.5. The van der Waals surface area contributed by atoms with Crippen molar-refractivity contribution >= 4 is 29.9 Å². The largest absolute Gasteiger partial charge is 0.490 e. The quantitative estimate of drug-likeness (QED) is 0.266. The van der Waals surface area contributed by atoms with Crippen molar-refractivity contribution in [1.29, 1.82) is 0 Å². The predicted octanol–water partition coefficient (Wildman–Crippen LogP) is 3.15. The monoisotopic (exact) mass is 476 g/mol. The number of ether oxygens (including phenoxy) is 1. The molecule has 142 valence electrons.